The summed E-state index contributed by atoms with van der Waals surface area (Å²) in [5.41, 5.74) is 0.278. The minimum Gasteiger partial charge on any atom is -0.481 e. The van der Waals surface area contributed by atoms with Crippen molar-refractivity contribution in [3.05, 3.63) is 30.1 Å². The van der Waals surface area contributed by atoms with E-state index in [1.165, 1.54) is 0 Å². The molecule has 5 nitrogen and oxygen atoms in total. The molecule has 20 heavy (non-hydrogen) atoms. The molecule has 0 radical (unpaired) electrons. The van der Waals surface area contributed by atoms with Gasteiger partial charge in [-0.15, -0.1) is 0 Å². The highest BCUT2D eigenvalue weighted by molar-refractivity contribution is 5.75. The fourth-order valence-corrected chi connectivity index (χ4v) is 2.66. The van der Waals surface area contributed by atoms with Gasteiger partial charge in [-0.25, -0.2) is 0 Å². The van der Waals surface area contributed by atoms with E-state index in [1.807, 2.05) is 25.2 Å². The van der Waals surface area contributed by atoms with Crippen molar-refractivity contribution in [3.8, 4) is 0 Å². The molecule has 0 aliphatic carbocycles. The van der Waals surface area contributed by atoms with Gasteiger partial charge in [0.2, 0.25) is 0 Å². The first-order chi connectivity index (χ1) is 9.62. The van der Waals surface area contributed by atoms with Crippen molar-refractivity contribution in [2.45, 2.75) is 19.3 Å². The predicted octanol–water partition coefficient (Wildman–Crippen LogP) is 1.44. The molecule has 1 unspecified atom stereocenters. The summed E-state index contributed by atoms with van der Waals surface area (Å²) in [5, 5.41) is 9.50. The monoisotopic (exact) mass is 278 g/mol. The zero-order chi connectivity index (χ0) is 14.4. The number of rotatable bonds is 6. The van der Waals surface area contributed by atoms with Crippen molar-refractivity contribution < 1.29 is 14.6 Å². The maximum absolute atomic E-state index is 11.6. The van der Waals surface area contributed by atoms with Crippen LogP contribution in [0.1, 0.15) is 18.5 Å². The van der Waals surface area contributed by atoms with Gasteiger partial charge in [0.1, 0.15) is 5.41 Å². The fraction of sp³-hybridized carbons (Fsp3) is 0.600. The Morgan fingerprint density at radius 2 is 2.40 bits per heavy atom. The number of pyridine rings is 1. The van der Waals surface area contributed by atoms with Gasteiger partial charge in [-0.2, -0.15) is 0 Å². The zero-order valence-electron chi connectivity index (χ0n) is 11.9. The summed E-state index contributed by atoms with van der Waals surface area (Å²) in [5.74, 6) is -0.748. The van der Waals surface area contributed by atoms with Crippen molar-refractivity contribution in [2.24, 2.45) is 5.41 Å². The summed E-state index contributed by atoms with van der Waals surface area (Å²) in [7, 11) is 1.96. The maximum Gasteiger partial charge on any atom is 0.313 e. The summed E-state index contributed by atoms with van der Waals surface area (Å²) in [6.07, 6.45) is 4.12. The Hall–Kier alpha value is -1.46. The largest absolute Gasteiger partial charge is 0.481 e. The van der Waals surface area contributed by atoms with Gasteiger partial charge in [0.25, 0.3) is 0 Å². The number of aliphatic carboxylic acids is 1. The number of aromatic nitrogens is 1. The van der Waals surface area contributed by atoms with Crippen LogP contribution in [0.4, 0.5) is 0 Å². The molecule has 1 aliphatic heterocycles. The summed E-state index contributed by atoms with van der Waals surface area (Å²) in [4.78, 5) is 17.9. The van der Waals surface area contributed by atoms with Crippen LogP contribution in [0.15, 0.2) is 24.4 Å². The number of ether oxygens (including phenoxy) is 1. The number of hydrogen-bond donors (Lipinski definition) is 1. The van der Waals surface area contributed by atoms with Crippen LogP contribution in [-0.2, 0) is 16.0 Å². The highest BCUT2D eigenvalue weighted by Gasteiger charge is 2.41. The second-order valence-corrected chi connectivity index (χ2v) is 5.55. The van der Waals surface area contributed by atoms with Gasteiger partial charge in [-0.05, 0) is 32.0 Å². The van der Waals surface area contributed by atoms with Gasteiger partial charge in [0, 0.05) is 38.0 Å². The number of nitrogens with zero attached hydrogens (tertiary/aromatic N) is 2. The molecule has 1 fully saturated rings. The smallest absolute Gasteiger partial charge is 0.313 e. The standard InChI is InChI=1S/C15H22N2O3/c1-17(9-6-13-5-2-3-8-16-13)11-15(14(18)19)7-4-10-20-12-15/h2-3,5,8H,4,6-7,9-12H2,1H3,(H,18,19). The molecule has 110 valence electrons. The highest BCUT2D eigenvalue weighted by Crippen LogP contribution is 2.29. The van der Waals surface area contributed by atoms with Gasteiger partial charge in [-0.3, -0.25) is 9.78 Å². The molecule has 1 saturated heterocycles. The average Bonchev–Trinajstić information content (AvgIpc) is 2.47. The van der Waals surface area contributed by atoms with Crippen LogP contribution in [0, 0.1) is 5.41 Å². The molecule has 0 spiro atoms. The Bertz CT molecular complexity index is 430. The minimum absolute atomic E-state index is 0.316. The van der Waals surface area contributed by atoms with E-state index in [4.69, 9.17) is 4.74 Å². The van der Waals surface area contributed by atoms with Gasteiger partial charge >= 0.3 is 5.97 Å². The van der Waals surface area contributed by atoms with Gasteiger partial charge in [0.05, 0.1) is 6.61 Å². The molecule has 0 amide bonds. The lowest BCUT2D eigenvalue weighted by Gasteiger charge is -2.36. The SMILES string of the molecule is CN(CCc1ccccn1)CC1(C(=O)O)CCCOC1. The Balaban J connectivity index is 1.88. The molecular weight excluding hydrogens is 256 g/mol. The molecule has 0 bridgehead atoms. The van der Waals surface area contributed by atoms with E-state index >= 15 is 0 Å². The second kappa shape index (κ2) is 6.81. The topological polar surface area (TPSA) is 62.7 Å². The van der Waals surface area contributed by atoms with E-state index in [0.29, 0.717) is 26.2 Å². The van der Waals surface area contributed by atoms with E-state index in [1.54, 1.807) is 6.20 Å². The van der Waals surface area contributed by atoms with Crippen LogP contribution in [0.5, 0.6) is 0 Å². The molecule has 0 saturated carbocycles. The summed E-state index contributed by atoms with van der Waals surface area (Å²) >= 11 is 0. The van der Waals surface area contributed by atoms with Crippen LogP contribution < -0.4 is 0 Å². The quantitative estimate of drug-likeness (QED) is 0.853. The Morgan fingerprint density at radius 3 is 3.00 bits per heavy atom. The normalized spacial score (nSPS) is 22.9. The highest BCUT2D eigenvalue weighted by atomic mass is 16.5. The lowest BCUT2D eigenvalue weighted by Crippen LogP contribution is -2.47. The van der Waals surface area contributed by atoms with Crippen LogP contribution in [-0.4, -0.2) is 54.3 Å². The number of carbonyl (C=O) groups is 1. The third-order valence-electron chi connectivity index (χ3n) is 3.82. The van der Waals surface area contributed by atoms with Crippen LogP contribution in [0.3, 0.4) is 0 Å². The molecule has 1 N–H and O–H groups in total. The van der Waals surface area contributed by atoms with E-state index in [0.717, 1.165) is 25.1 Å². The maximum atomic E-state index is 11.6. The Morgan fingerprint density at radius 1 is 1.55 bits per heavy atom. The Labute approximate surface area is 119 Å². The zero-order valence-corrected chi connectivity index (χ0v) is 11.9. The molecule has 5 heteroatoms. The average molecular weight is 278 g/mol. The molecule has 2 heterocycles. The minimum atomic E-state index is -0.753. The van der Waals surface area contributed by atoms with Crippen LogP contribution in [0.25, 0.3) is 0 Å². The summed E-state index contributed by atoms with van der Waals surface area (Å²) in [6.45, 7) is 2.31. The first-order valence-corrected chi connectivity index (χ1v) is 7.02. The van der Waals surface area contributed by atoms with E-state index in [9.17, 15) is 9.90 Å². The molecular formula is C15H22N2O3. The molecule has 1 aromatic heterocycles. The van der Waals surface area contributed by atoms with E-state index < -0.39 is 11.4 Å². The van der Waals surface area contributed by atoms with E-state index in [2.05, 4.69) is 9.88 Å². The van der Waals surface area contributed by atoms with E-state index in [-0.39, 0.29) is 0 Å². The number of carboxylic acids is 1. The second-order valence-electron chi connectivity index (χ2n) is 5.55. The van der Waals surface area contributed by atoms with Crippen molar-refractivity contribution >= 4 is 5.97 Å². The van der Waals surface area contributed by atoms with Crippen molar-refractivity contribution in [1.29, 1.82) is 0 Å². The van der Waals surface area contributed by atoms with Crippen LogP contribution >= 0.6 is 0 Å². The lowest BCUT2D eigenvalue weighted by atomic mass is 9.82. The number of likely N-dealkylation sites (N-methyl/N-ethyl adjacent to an activating group) is 1. The molecule has 0 aromatic carbocycles. The third-order valence-corrected chi connectivity index (χ3v) is 3.82. The first-order valence-electron chi connectivity index (χ1n) is 7.02. The molecule has 1 aromatic rings. The predicted molar refractivity (Wildman–Crippen MR) is 75.6 cm³/mol. The molecule has 1 atom stereocenters. The number of hydrogen-bond acceptors (Lipinski definition) is 4. The van der Waals surface area contributed by atoms with Crippen LogP contribution in [0.2, 0.25) is 0 Å². The van der Waals surface area contributed by atoms with Gasteiger partial charge in [-0.1, -0.05) is 6.07 Å². The van der Waals surface area contributed by atoms with Crippen molar-refractivity contribution in [2.75, 3.05) is 33.4 Å². The van der Waals surface area contributed by atoms with Crippen molar-refractivity contribution in [3.63, 3.8) is 0 Å². The molecule has 2 rings (SSSR count). The van der Waals surface area contributed by atoms with Crippen molar-refractivity contribution in [1.82, 2.24) is 9.88 Å². The summed E-state index contributed by atoms with van der Waals surface area (Å²) < 4.78 is 5.39. The lowest BCUT2D eigenvalue weighted by molar-refractivity contribution is -0.159. The fourth-order valence-electron chi connectivity index (χ4n) is 2.66. The first kappa shape index (κ1) is 14.9. The third kappa shape index (κ3) is 3.77. The summed E-state index contributed by atoms with van der Waals surface area (Å²) in [6, 6.07) is 5.85. The number of carboxylic acid groups (broad SMARTS) is 1. The molecule has 1 aliphatic rings. The Kier molecular flexibility index (Phi) is 5.09. The van der Waals surface area contributed by atoms with Gasteiger partial charge < -0.3 is 14.7 Å². The van der Waals surface area contributed by atoms with Gasteiger partial charge in [0.15, 0.2) is 0 Å².